The second-order valence-corrected chi connectivity index (χ2v) is 6.14. The lowest BCUT2D eigenvalue weighted by Crippen LogP contribution is -2.41. The molecule has 1 unspecified atom stereocenters. The lowest BCUT2D eigenvalue weighted by Gasteiger charge is -2.24. The Labute approximate surface area is 143 Å². The number of hydrogen-bond donors (Lipinski definition) is 1. The first-order valence-electron chi connectivity index (χ1n) is 8.40. The van der Waals surface area contributed by atoms with Crippen LogP contribution in [-0.2, 0) is 11.3 Å². The maximum absolute atomic E-state index is 5.92. The predicted molar refractivity (Wildman–Crippen MR) is 95.9 cm³/mol. The molecule has 1 aliphatic heterocycles. The quantitative estimate of drug-likeness (QED) is 0.677. The molecule has 0 amide bonds. The maximum atomic E-state index is 5.92. The Hall–Kier alpha value is -2.27. The summed E-state index contributed by atoms with van der Waals surface area (Å²) in [4.78, 5) is 6.51. The van der Waals surface area contributed by atoms with E-state index in [1.54, 1.807) is 0 Å². The number of furan rings is 1. The van der Waals surface area contributed by atoms with Crippen molar-refractivity contribution in [1.82, 2.24) is 10.2 Å². The van der Waals surface area contributed by atoms with Gasteiger partial charge in [0.1, 0.15) is 11.5 Å². The average molecular weight is 327 g/mol. The molecule has 1 fully saturated rings. The molecule has 0 bridgehead atoms. The van der Waals surface area contributed by atoms with Gasteiger partial charge in [-0.05, 0) is 18.6 Å². The summed E-state index contributed by atoms with van der Waals surface area (Å²) in [6.07, 6.45) is 1.12. The number of nitrogens with zero attached hydrogens (tertiary/aromatic N) is 2. The largest absolute Gasteiger partial charge is 0.459 e. The van der Waals surface area contributed by atoms with E-state index >= 15 is 0 Å². The summed E-state index contributed by atoms with van der Waals surface area (Å²) in [6, 6.07) is 14.1. The van der Waals surface area contributed by atoms with Crippen LogP contribution in [0.5, 0.6) is 0 Å². The van der Waals surface area contributed by atoms with Gasteiger partial charge >= 0.3 is 0 Å². The number of guanidine groups is 1. The van der Waals surface area contributed by atoms with Gasteiger partial charge in [-0.15, -0.1) is 0 Å². The normalized spacial score (nSPS) is 17.9. The van der Waals surface area contributed by atoms with Crippen LogP contribution in [0.1, 0.15) is 12.2 Å². The standard InChI is InChI=1S/C19H25N3O2/c1-20-19(22(2)13-15-10-11-23-14-15)21-12-17-8-9-18(24-17)16-6-4-3-5-7-16/h3-9,15H,10-14H2,1-2H3,(H,20,21). The summed E-state index contributed by atoms with van der Waals surface area (Å²) in [5.74, 6) is 3.24. The van der Waals surface area contributed by atoms with E-state index in [1.165, 1.54) is 0 Å². The van der Waals surface area contributed by atoms with Crippen LogP contribution in [0.2, 0.25) is 0 Å². The molecule has 5 heteroatoms. The van der Waals surface area contributed by atoms with E-state index in [0.717, 1.165) is 49.2 Å². The fourth-order valence-corrected chi connectivity index (χ4v) is 2.98. The third-order valence-electron chi connectivity index (χ3n) is 4.27. The fraction of sp³-hybridized carbons (Fsp3) is 0.421. The topological polar surface area (TPSA) is 50.0 Å². The molecule has 24 heavy (non-hydrogen) atoms. The molecule has 0 radical (unpaired) electrons. The van der Waals surface area contributed by atoms with Crippen molar-refractivity contribution in [3.05, 3.63) is 48.2 Å². The second kappa shape index (κ2) is 8.02. The van der Waals surface area contributed by atoms with E-state index in [0.29, 0.717) is 12.5 Å². The summed E-state index contributed by atoms with van der Waals surface area (Å²) in [5.41, 5.74) is 1.09. The van der Waals surface area contributed by atoms with Crippen LogP contribution in [0, 0.1) is 5.92 Å². The van der Waals surface area contributed by atoms with Gasteiger partial charge in [0.15, 0.2) is 5.96 Å². The number of nitrogens with one attached hydrogen (secondary N) is 1. The van der Waals surface area contributed by atoms with Gasteiger partial charge < -0.3 is 19.4 Å². The average Bonchev–Trinajstić information content (AvgIpc) is 3.28. The number of aliphatic imine (C=N–C) groups is 1. The predicted octanol–water partition coefficient (Wildman–Crippen LogP) is 2.99. The number of benzene rings is 1. The molecular weight excluding hydrogens is 302 g/mol. The molecule has 5 nitrogen and oxygen atoms in total. The maximum Gasteiger partial charge on any atom is 0.193 e. The molecule has 1 aromatic heterocycles. The van der Waals surface area contributed by atoms with E-state index in [9.17, 15) is 0 Å². The summed E-state index contributed by atoms with van der Waals surface area (Å²) in [7, 11) is 3.87. The van der Waals surface area contributed by atoms with Gasteiger partial charge in [-0.2, -0.15) is 0 Å². The smallest absolute Gasteiger partial charge is 0.193 e. The molecular formula is C19H25N3O2. The van der Waals surface area contributed by atoms with E-state index in [1.807, 2.05) is 49.5 Å². The van der Waals surface area contributed by atoms with Crippen molar-refractivity contribution in [3.63, 3.8) is 0 Å². The molecule has 0 aliphatic carbocycles. The van der Waals surface area contributed by atoms with Gasteiger partial charge in [0.25, 0.3) is 0 Å². The highest BCUT2D eigenvalue weighted by Crippen LogP contribution is 2.21. The Bertz CT molecular complexity index is 660. The van der Waals surface area contributed by atoms with E-state index in [4.69, 9.17) is 9.15 Å². The van der Waals surface area contributed by atoms with Crippen LogP contribution >= 0.6 is 0 Å². The van der Waals surface area contributed by atoms with Crippen LogP contribution < -0.4 is 5.32 Å². The zero-order valence-corrected chi connectivity index (χ0v) is 14.4. The molecule has 3 rings (SSSR count). The fourth-order valence-electron chi connectivity index (χ4n) is 2.98. The summed E-state index contributed by atoms with van der Waals surface area (Å²) in [5, 5.41) is 3.37. The zero-order chi connectivity index (χ0) is 16.8. The molecule has 2 aromatic rings. The molecule has 1 N–H and O–H groups in total. The van der Waals surface area contributed by atoms with Crippen molar-refractivity contribution in [2.24, 2.45) is 10.9 Å². The minimum atomic E-state index is 0.585. The van der Waals surface area contributed by atoms with Gasteiger partial charge in [0.2, 0.25) is 0 Å². The Morgan fingerprint density at radius 3 is 2.79 bits per heavy atom. The lowest BCUT2D eigenvalue weighted by molar-refractivity contribution is 0.181. The minimum absolute atomic E-state index is 0.585. The number of ether oxygens (including phenoxy) is 1. The number of rotatable bonds is 5. The van der Waals surface area contributed by atoms with E-state index in [2.05, 4.69) is 22.3 Å². The Balaban J connectivity index is 1.55. The first-order valence-corrected chi connectivity index (χ1v) is 8.40. The van der Waals surface area contributed by atoms with Gasteiger partial charge in [0.05, 0.1) is 13.2 Å². The van der Waals surface area contributed by atoms with Crippen LogP contribution in [0.4, 0.5) is 0 Å². The Morgan fingerprint density at radius 1 is 1.25 bits per heavy atom. The zero-order valence-electron chi connectivity index (χ0n) is 14.4. The molecule has 0 saturated carbocycles. The molecule has 1 saturated heterocycles. The van der Waals surface area contributed by atoms with Crippen molar-refractivity contribution in [2.75, 3.05) is 33.9 Å². The minimum Gasteiger partial charge on any atom is -0.459 e. The summed E-state index contributed by atoms with van der Waals surface area (Å²) in [6.45, 7) is 3.29. The highest BCUT2D eigenvalue weighted by molar-refractivity contribution is 5.79. The molecule has 1 aliphatic rings. The van der Waals surface area contributed by atoms with Crippen molar-refractivity contribution >= 4 is 5.96 Å². The van der Waals surface area contributed by atoms with E-state index in [-0.39, 0.29) is 0 Å². The van der Waals surface area contributed by atoms with E-state index < -0.39 is 0 Å². The summed E-state index contributed by atoms with van der Waals surface area (Å²) >= 11 is 0. The molecule has 1 aromatic carbocycles. The monoisotopic (exact) mass is 327 g/mol. The van der Waals surface area contributed by atoms with Gasteiger partial charge in [-0.1, -0.05) is 30.3 Å². The van der Waals surface area contributed by atoms with Crippen molar-refractivity contribution in [3.8, 4) is 11.3 Å². The van der Waals surface area contributed by atoms with Crippen LogP contribution in [0.15, 0.2) is 51.9 Å². The Kier molecular flexibility index (Phi) is 5.54. The van der Waals surface area contributed by atoms with Crippen LogP contribution in [-0.4, -0.2) is 44.7 Å². The van der Waals surface area contributed by atoms with Gasteiger partial charge in [0, 0.05) is 38.7 Å². The number of hydrogen-bond acceptors (Lipinski definition) is 3. The third kappa shape index (κ3) is 4.17. The van der Waals surface area contributed by atoms with Crippen molar-refractivity contribution < 1.29 is 9.15 Å². The first-order chi connectivity index (χ1) is 11.8. The molecule has 128 valence electrons. The molecule has 1 atom stereocenters. The SMILES string of the molecule is CN=C(NCc1ccc(-c2ccccc2)o1)N(C)CC1CCOC1. The van der Waals surface area contributed by atoms with Crippen LogP contribution in [0.3, 0.4) is 0 Å². The highest BCUT2D eigenvalue weighted by Gasteiger charge is 2.19. The summed E-state index contributed by atoms with van der Waals surface area (Å²) < 4.78 is 11.4. The first kappa shape index (κ1) is 16.6. The molecule has 0 spiro atoms. The van der Waals surface area contributed by atoms with Gasteiger partial charge in [-0.25, -0.2) is 0 Å². The Morgan fingerprint density at radius 2 is 2.08 bits per heavy atom. The second-order valence-electron chi connectivity index (χ2n) is 6.14. The van der Waals surface area contributed by atoms with Crippen molar-refractivity contribution in [2.45, 2.75) is 13.0 Å². The van der Waals surface area contributed by atoms with Crippen molar-refractivity contribution in [1.29, 1.82) is 0 Å². The van der Waals surface area contributed by atoms with Crippen LogP contribution in [0.25, 0.3) is 11.3 Å². The highest BCUT2D eigenvalue weighted by atomic mass is 16.5. The third-order valence-corrected chi connectivity index (χ3v) is 4.27. The lowest BCUT2D eigenvalue weighted by atomic mass is 10.1. The van der Waals surface area contributed by atoms with Gasteiger partial charge in [-0.3, -0.25) is 4.99 Å². The molecule has 2 heterocycles.